The molecule has 1 aliphatic heterocycles. The highest BCUT2D eigenvalue weighted by Gasteiger charge is 2.26. The molecule has 3 rings (SSSR count). The third-order valence-electron chi connectivity index (χ3n) is 3.87. The lowest BCUT2D eigenvalue weighted by Crippen LogP contribution is -2.46. The second-order valence-corrected chi connectivity index (χ2v) is 6.19. The first-order chi connectivity index (χ1) is 12.0. The van der Waals surface area contributed by atoms with Crippen LogP contribution >= 0.6 is 11.6 Å². The van der Waals surface area contributed by atoms with Crippen molar-refractivity contribution < 1.29 is 23.8 Å². The number of carbonyl (C=O) groups excluding carboxylic acids is 1. The highest BCUT2D eigenvalue weighted by Crippen LogP contribution is 2.21. The number of hydrogen-bond donors (Lipinski definition) is 1. The number of carbonyl (C=O) groups is 2. The van der Waals surface area contributed by atoms with Gasteiger partial charge in [-0.15, -0.1) is 0 Å². The summed E-state index contributed by atoms with van der Waals surface area (Å²) in [6.07, 6.45) is 0.958. The maximum Gasteiger partial charge on any atom is 0.306 e. The van der Waals surface area contributed by atoms with E-state index in [0.717, 1.165) is 5.56 Å². The van der Waals surface area contributed by atoms with Gasteiger partial charge in [0.2, 0.25) is 11.8 Å². The van der Waals surface area contributed by atoms with Crippen LogP contribution in [0.15, 0.2) is 34.9 Å². The van der Waals surface area contributed by atoms with Gasteiger partial charge in [-0.1, -0.05) is 11.6 Å². The molecule has 132 valence electrons. The second kappa shape index (κ2) is 7.67. The van der Waals surface area contributed by atoms with Crippen molar-refractivity contribution in [3.63, 3.8) is 0 Å². The zero-order valence-electron chi connectivity index (χ0n) is 13.4. The number of amides is 1. The fraction of sp³-hybridized carbons (Fsp3) is 0.353. The molecule has 1 saturated heterocycles. The van der Waals surface area contributed by atoms with Crippen LogP contribution in [0.5, 0.6) is 0 Å². The van der Waals surface area contributed by atoms with Gasteiger partial charge in [0, 0.05) is 23.7 Å². The molecule has 1 N–H and O–H groups in total. The summed E-state index contributed by atoms with van der Waals surface area (Å²) in [4.78, 5) is 29.1. The Kier molecular flexibility index (Phi) is 5.35. The van der Waals surface area contributed by atoms with Gasteiger partial charge >= 0.3 is 5.97 Å². The van der Waals surface area contributed by atoms with Crippen molar-refractivity contribution >= 4 is 23.5 Å². The first-order valence-corrected chi connectivity index (χ1v) is 8.20. The van der Waals surface area contributed by atoms with Gasteiger partial charge in [-0.25, -0.2) is 4.98 Å². The predicted molar refractivity (Wildman–Crippen MR) is 89.2 cm³/mol. The quantitative estimate of drug-likeness (QED) is 0.874. The van der Waals surface area contributed by atoms with Gasteiger partial charge in [0.15, 0.2) is 0 Å². The number of halogens is 1. The van der Waals surface area contributed by atoms with Gasteiger partial charge in [-0.05, 0) is 24.3 Å². The molecule has 1 amide bonds. The molecule has 1 aromatic heterocycles. The molecule has 1 aliphatic rings. The lowest BCUT2D eigenvalue weighted by Gasteiger charge is -2.32. The molecule has 2 aromatic rings. The molecule has 1 fully saturated rings. The Labute approximate surface area is 149 Å². The van der Waals surface area contributed by atoms with E-state index in [-0.39, 0.29) is 25.3 Å². The Bertz CT molecular complexity index is 759. The van der Waals surface area contributed by atoms with E-state index < -0.39 is 12.1 Å². The first-order valence-electron chi connectivity index (χ1n) is 7.83. The summed E-state index contributed by atoms with van der Waals surface area (Å²) in [7, 11) is 0. The number of oxazole rings is 1. The number of rotatable bonds is 5. The van der Waals surface area contributed by atoms with Gasteiger partial charge in [0.05, 0.1) is 31.2 Å². The number of ether oxygens (including phenoxy) is 1. The van der Waals surface area contributed by atoms with Crippen LogP contribution in [-0.4, -0.2) is 52.7 Å². The van der Waals surface area contributed by atoms with Crippen molar-refractivity contribution in [2.45, 2.75) is 18.9 Å². The van der Waals surface area contributed by atoms with E-state index in [0.29, 0.717) is 29.8 Å². The van der Waals surface area contributed by atoms with Crippen LogP contribution in [0.4, 0.5) is 0 Å². The Morgan fingerprint density at radius 2 is 2.08 bits per heavy atom. The smallest absolute Gasteiger partial charge is 0.306 e. The van der Waals surface area contributed by atoms with Gasteiger partial charge in [0.1, 0.15) is 6.26 Å². The van der Waals surface area contributed by atoms with E-state index in [1.807, 2.05) is 0 Å². The van der Waals surface area contributed by atoms with Gasteiger partial charge in [-0.2, -0.15) is 0 Å². The summed E-state index contributed by atoms with van der Waals surface area (Å²) in [5.74, 6) is -0.650. The van der Waals surface area contributed by atoms with Crippen LogP contribution in [0.2, 0.25) is 5.02 Å². The maximum atomic E-state index is 12.4. The van der Waals surface area contributed by atoms with Gasteiger partial charge < -0.3 is 19.2 Å². The largest absolute Gasteiger partial charge is 0.481 e. The van der Waals surface area contributed by atoms with E-state index in [4.69, 9.17) is 25.9 Å². The molecule has 0 radical (unpaired) electrons. The Hall–Kier alpha value is -2.38. The zero-order chi connectivity index (χ0) is 17.8. The van der Waals surface area contributed by atoms with Crippen molar-refractivity contribution in [3.05, 3.63) is 41.2 Å². The molecule has 0 spiro atoms. The molecular formula is C17H17ClN2O5. The lowest BCUT2D eigenvalue weighted by molar-refractivity contribution is -0.147. The van der Waals surface area contributed by atoms with Crippen LogP contribution in [0.3, 0.4) is 0 Å². The number of aromatic nitrogens is 1. The van der Waals surface area contributed by atoms with E-state index in [9.17, 15) is 9.59 Å². The number of carboxylic acids is 1. The minimum absolute atomic E-state index is 0.0941. The SMILES string of the molecule is O=C(O)CC1CN(C(=O)Cc2coc(-c3ccc(Cl)cc3)n2)CCO1. The normalized spacial score (nSPS) is 17.5. The molecule has 2 heterocycles. The summed E-state index contributed by atoms with van der Waals surface area (Å²) < 4.78 is 10.8. The van der Waals surface area contributed by atoms with Crippen molar-refractivity contribution in [2.24, 2.45) is 0 Å². The van der Waals surface area contributed by atoms with Crippen LogP contribution in [0, 0.1) is 0 Å². The fourth-order valence-corrected chi connectivity index (χ4v) is 2.77. The molecular weight excluding hydrogens is 348 g/mol. The third kappa shape index (κ3) is 4.58. The summed E-state index contributed by atoms with van der Waals surface area (Å²) >= 11 is 5.85. The molecule has 1 unspecified atom stereocenters. The predicted octanol–water partition coefficient (Wildman–Crippen LogP) is 2.24. The number of benzene rings is 1. The minimum Gasteiger partial charge on any atom is -0.481 e. The van der Waals surface area contributed by atoms with Crippen molar-refractivity contribution in [3.8, 4) is 11.5 Å². The second-order valence-electron chi connectivity index (χ2n) is 5.76. The van der Waals surface area contributed by atoms with E-state index >= 15 is 0 Å². The highest BCUT2D eigenvalue weighted by atomic mass is 35.5. The average molecular weight is 365 g/mol. The molecule has 0 saturated carbocycles. The Morgan fingerprint density at radius 1 is 1.32 bits per heavy atom. The summed E-state index contributed by atoms with van der Waals surface area (Å²) in [5, 5.41) is 9.46. The van der Waals surface area contributed by atoms with Crippen molar-refractivity contribution in [2.75, 3.05) is 19.7 Å². The van der Waals surface area contributed by atoms with Crippen molar-refractivity contribution in [1.29, 1.82) is 0 Å². The fourth-order valence-electron chi connectivity index (χ4n) is 2.64. The van der Waals surface area contributed by atoms with E-state index in [2.05, 4.69) is 4.98 Å². The lowest BCUT2D eigenvalue weighted by atomic mass is 10.2. The number of nitrogens with zero attached hydrogens (tertiary/aromatic N) is 2. The zero-order valence-corrected chi connectivity index (χ0v) is 14.1. The van der Waals surface area contributed by atoms with Crippen LogP contribution in [0.1, 0.15) is 12.1 Å². The van der Waals surface area contributed by atoms with E-state index in [1.54, 1.807) is 29.2 Å². The number of morpholine rings is 1. The standard InChI is InChI=1S/C17H17ClN2O5/c18-12-3-1-11(2-4-12)17-19-13(10-25-17)7-15(21)20-5-6-24-14(9-20)8-16(22)23/h1-4,10,14H,5-9H2,(H,22,23). The first kappa shape index (κ1) is 17.4. The number of hydrogen-bond acceptors (Lipinski definition) is 5. The summed E-state index contributed by atoms with van der Waals surface area (Å²) in [6, 6.07) is 7.06. The minimum atomic E-state index is -0.941. The number of aliphatic carboxylic acids is 1. The van der Waals surface area contributed by atoms with Gasteiger partial charge in [-0.3, -0.25) is 9.59 Å². The monoisotopic (exact) mass is 364 g/mol. The van der Waals surface area contributed by atoms with Crippen LogP contribution in [-0.2, 0) is 20.7 Å². The van der Waals surface area contributed by atoms with Crippen molar-refractivity contribution in [1.82, 2.24) is 9.88 Å². The molecule has 0 bridgehead atoms. The highest BCUT2D eigenvalue weighted by molar-refractivity contribution is 6.30. The molecule has 7 nitrogen and oxygen atoms in total. The molecule has 0 aliphatic carbocycles. The van der Waals surface area contributed by atoms with Crippen LogP contribution < -0.4 is 0 Å². The van der Waals surface area contributed by atoms with Gasteiger partial charge in [0.25, 0.3) is 0 Å². The topological polar surface area (TPSA) is 92.9 Å². The van der Waals surface area contributed by atoms with E-state index in [1.165, 1.54) is 6.26 Å². The Morgan fingerprint density at radius 3 is 2.80 bits per heavy atom. The average Bonchev–Trinajstić information content (AvgIpc) is 3.03. The summed E-state index contributed by atoms with van der Waals surface area (Å²) in [6.45, 7) is 1.04. The summed E-state index contributed by atoms with van der Waals surface area (Å²) in [5.41, 5.74) is 1.30. The maximum absolute atomic E-state index is 12.4. The molecule has 8 heteroatoms. The molecule has 25 heavy (non-hydrogen) atoms. The third-order valence-corrected chi connectivity index (χ3v) is 4.12. The molecule has 1 atom stereocenters. The molecule has 1 aromatic carbocycles. The Balaban J connectivity index is 1.61. The van der Waals surface area contributed by atoms with Crippen LogP contribution in [0.25, 0.3) is 11.5 Å². The number of carboxylic acid groups (broad SMARTS) is 1.